The van der Waals surface area contributed by atoms with Gasteiger partial charge in [0, 0.05) is 29.6 Å². The third kappa shape index (κ3) is 4.60. The van der Waals surface area contributed by atoms with Crippen LogP contribution in [0, 0.1) is 11.7 Å². The van der Waals surface area contributed by atoms with E-state index in [-0.39, 0.29) is 29.9 Å². The topological polar surface area (TPSA) is 89.1 Å². The predicted molar refractivity (Wildman–Crippen MR) is 152 cm³/mol. The molecule has 0 bridgehead atoms. The minimum absolute atomic E-state index is 0.0468. The number of urea groups is 1. The number of aromatic hydroxyl groups is 1. The Morgan fingerprint density at radius 3 is 2.73 bits per heavy atom. The summed E-state index contributed by atoms with van der Waals surface area (Å²) in [6.45, 7) is 8.25. The number of H-pyrrole nitrogens is 1. The van der Waals surface area contributed by atoms with Crippen molar-refractivity contribution in [3.63, 3.8) is 0 Å². The van der Waals surface area contributed by atoms with Crippen LogP contribution in [0.25, 0.3) is 10.9 Å². The average Bonchev–Trinajstić information content (AvgIpc) is 3.38. The maximum atomic E-state index is 15.6. The van der Waals surface area contributed by atoms with Crippen LogP contribution in [0.2, 0.25) is 0 Å². The van der Waals surface area contributed by atoms with E-state index in [0.29, 0.717) is 46.6 Å². The number of aromatic amines is 1. The number of hydrogen-bond donors (Lipinski definition) is 2. The van der Waals surface area contributed by atoms with Crippen molar-refractivity contribution in [2.24, 2.45) is 5.92 Å². The summed E-state index contributed by atoms with van der Waals surface area (Å²) in [6, 6.07) is 8.90. The number of nitrogens with zero attached hydrogens (tertiary/aromatic N) is 3. The molecule has 3 amide bonds. The SMILES string of the molecule is CCC(C)CCN(C)CCCN1C(=O)N2[C@H](c3cccc(O)c3)c3[nH]c4ccc(OC)c(F)c4c3C[C@@]2(C)C1=O. The van der Waals surface area contributed by atoms with E-state index in [4.69, 9.17) is 4.74 Å². The Hall–Kier alpha value is -3.59. The van der Waals surface area contributed by atoms with E-state index in [1.54, 1.807) is 42.2 Å². The Morgan fingerprint density at radius 2 is 2.02 bits per heavy atom. The Kier molecular flexibility index (Phi) is 7.52. The molecule has 2 N–H and O–H groups in total. The van der Waals surface area contributed by atoms with Crippen LogP contribution >= 0.6 is 0 Å². The number of phenols is 1. The molecule has 1 fully saturated rings. The van der Waals surface area contributed by atoms with Crippen LogP contribution in [0.1, 0.15) is 62.9 Å². The molecule has 0 aliphatic carbocycles. The number of phenolic OH excluding ortho intramolecular Hbond substituents is 1. The summed E-state index contributed by atoms with van der Waals surface area (Å²) in [5.41, 5.74) is 1.27. The molecular weight excluding hydrogens is 511 g/mol. The van der Waals surface area contributed by atoms with E-state index >= 15 is 4.39 Å². The zero-order valence-electron chi connectivity index (χ0n) is 24.0. The molecule has 8 nitrogen and oxygen atoms in total. The average molecular weight is 551 g/mol. The summed E-state index contributed by atoms with van der Waals surface area (Å²) in [7, 11) is 3.49. The van der Waals surface area contributed by atoms with Gasteiger partial charge < -0.3 is 19.7 Å². The third-order valence-corrected chi connectivity index (χ3v) is 8.76. The van der Waals surface area contributed by atoms with Gasteiger partial charge >= 0.3 is 6.03 Å². The quantitative estimate of drug-likeness (QED) is 0.328. The van der Waals surface area contributed by atoms with Gasteiger partial charge in [-0.25, -0.2) is 9.18 Å². The number of rotatable bonds is 10. The summed E-state index contributed by atoms with van der Waals surface area (Å²) in [5.74, 6) is 0.0353. The standard InChI is InChI=1S/C31H39FN4O4/c1-6-19(2)13-16-34(4)14-8-15-35-29(38)31(3)18-22-25-23(11-12-24(40-5)26(25)32)33-27(22)28(36(31)30(35)39)20-9-7-10-21(37)17-20/h7,9-12,17,19,28,33,37H,6,8,13-16,18H2,1-5H3/t19?,28-,31+/m1/s1. The second-order valence-electron chi connectivity index (χ2n) is 11.5. The van der Waals surface area contributed by atoms with Gasteiger partial charge in [0.2, 0.25) is 0 Å². The van der Waals surface area contributed by atoms with Crippen LogP contribution in [-0.4, -0.2) is 76.1 Å². The number of hydrogen-bond acceptors (Lipinski definition) is 5. The van der Waals surface area contributed by atoms with Crippen molar-refractivity contribution in [3.8, 4) is 11.5 Å². The van der Waals surface area contributed by atoms with Crippen LogP contribution in [0.4, 0.5) is 9.18 Å². The molecule has 5 rings (SSSR count). The molecule has 0 radical (unpaired) electrons. The van der Waals surface area contributed by atoms with Crippen LogP contribution in [0.5, 0.6) is 11.5 Å². The number of imide groups is 1. The van der Waals surface area contributed by atoms with Crippen molar-refractivity contribution < 1.29 is 23.8 Å². The third-order valence-electron chi connectivity index (χ3n) is 8.76. The Bertz CT molecular complexity index is 1440. The molecule has 2 aliphatic heterocycles. The molecule has 3 heterocycles. The van der Waals surface area contributed by atoms with Gasteiger partial charge in [0.15, 0.2) is 11.6 Å². The van der Waals surface area contributed by atoms with E-state index in [1.165, 1.54) is 12.0 Å². The number of benzene rings is 2. The molecule has 2 aliphatic rings. The molecular formula is C31H39FN4O4. The maximum Gasteiger partial charge on any atom is 0.328 e. The summed E-state index contributed by atoms with van der Waals surface area (Å²) in [5, 5.41) is 10.7. The van der Waals surface area contributed by atoms with Gasteiger partial charge in [-0.1, -0.05) is 32.4 Å². The summed E-state index contributed by atoms with van der Waals surface area (Å²) in [4.78, 5) is 36.5. The highest BCUT2D eigenvalue weighted by Gasteiger charge is 2.60. The Balaban J connectivity index is 1.50. The highest BCUT2D eigenvalue weighted by molar-refractivity contribution is 6.08. The second kappa shape index (κ2) is 10.8. The predicted octanol–water partition coefficient (Wildman–Crippen LogP) is 5.45. The fraction of sp³-hybridized carbons (Fsp3) is 0.484. The molecule has 3 aromatic rings. The zero-order valence-corrected chi connectivity index (χ0v) is 24.0. The molecule has 40 heavy (non-hydrogen) atoms. The van der Waals surface area contributed by atoms with Crippen LogP contribution in [0.15, 0.2) is 36.4 Å². The van der Waals surface area contributed by atoms with Crippen molar-refractivity contribution in [1.29, 1.82) is 0 Å². The van der Waals surface area contributed by atoms with Crippen molar-refractivity contribution >= 4 is 22.8 Å². The number of fused-ring (bicyclic) bond motifs is 4. The normalized spacial score (nSPS) is 21.3. The summed E-state index contributed by atoms with van der Waals surface area (Å²) in [6.07, 6.45) is 3.08. The van der Waals surface area contributed by atoms with Crippen molar-refractivity contribution in [2.75, 3.05) is 33.8 Å². The van der Waals surface area contributed by atoms with Gasteiger partial charge in [-0.05, 0) is 81.2 Å². The van der Waals surface area contributed by atoms with Gasteiger partial charge in [-0.15, -0.1) is 0 Å². The monoisotopic (exact) mass is 550 g/mol. The lowest BCUT2D eigenvalue weighted by atomic mass is 9.81. The van der Waals surface area contributed by atoms with Gasteiger partial charge in [0.05, 0.1) is 7.11 Å². The molecule has 214 valence electrons. The number of methoxy groups -OCH3 is 1. The van der Waals surface area contributed by atoms with Gasteiger partial charge in [-0.3, -0.25) is 14.6 Å². The number of halogens is 1. The van der Waals surface area contributed by atoms with E-state index in [1.807, 2.05) is 6.07 Å². The molecule has 3 atom stereocenters. The number of ether oxygens (including phenoxy) is 1. The largest absolute Gasteiger partial charge is 0.508 e. The zero-order chi connectivity index (χ0) is 28.8. The number of amides is 3. The van der Waals surface area contributed by atoms with Crippen molar-refractivity contribution in [1.82, 2.24) is 19.7 Å². The second-order valence-corrected chi connectivity index (χ2v) is 11.5. The number of carbonyl (C=O) groups excluding carboxylic acids is 2. The minimum atomic E-state index is -1.21. The lowest BCUT2D eigenvalue weighted by Gasteiger charge is -2.42. The fourth-order valence-corrected chi connectivity index (χ4v) is 6.20. The molecule has 0 spiro atoms. The van der Waals surface area contributed by atoms with Crippen LogP contribution in [0.3, 0.4) is 0 Å². The van der Waals surface area contributed by atoms with Gasteiger partial charge in [0.1, 0.15) is 17.3 Å². The summed E-state index contributed by atoms with van der Waals surface area (Å²) >= 11 is 0. The van der Waals surface area contributed by atoms with Crippen molar-refractivity contribution in [3.05, 3.63) is 59.0 Å². The first-order valence-electron chi connectivity index (χ1n) is 14.1. The lowest BCUT2D eigenvalue weighted by molar-refractivity contribution is -0.133. The molecule has 2 aromatic carbocycles. The molecule has 9 heteroatoms. The van der Waals surface area contributed by atoms with E-state index < -0.39 is 17.4 Å². The Morgan fingerprint density at radius 1 is 1.25 bits per heavy atom. The van der Waals surface area contributed by atoms with Crippen molar-refractivity contribution in [2.45, 2.75) is 58.0 Å². The molecule has 1 aromatic heterocycles. The smallest absolute Gasteiger partial charge is 0.328 e. The molecule has 1 saturated heterocycles. The first kappa shape index (κ1) is 28.0. The summed E-state index contributed by atoms with van der Waals surface area (Å²) < 4.78 is 20.9. The fourth-order valence-electron chi connectivity index (χ4n) is 6.20. The van der Waals surface area contributed by atoms with Gasteiger partial charge in [-0.2, -0.15) is 0 Å². The van der Waals surface area contributed by atoms with E-state index in [9.17, 15) is 14.7 Å². The van der Waals surface area contributed by atoms with Crippen LogP contribution in [-0.2, 0) is 11.2 Å². The van der Waals surface area contributed by atoms with Crippen LogP contribution < -0.4 is 4.74 Å². The molecule has 0 saturated carbocycles. The van der Waals surface area contributed by atoms with Gasteiger partial charge in [0.25, 0.3) is 5.91 Å². The first-order valence-corrected chi connectivity index (χ1v) is 14.1. The highest BCUT2D eigenvalue weighted by Crippen LogP contribution is 2.49. The molecule has 1 unspecified atom stereocenters. The van der Waals surface area contributed by atoms with E-state index in [0.717, 1.165) is 25.9 Å². The number of carbonyl (C=O) groups is 2. The number of aromatic nitrogens is 1. The number of nitrogens with one attached hydrogen (secondary N) is 1. The highest BCUT2D eigenvalue weighted by atomic mass is 19.1. The lowest BCUT2D eigenvalue weighted by Crippen LogP contribution is -2.53. The first-order chi connectivity index (χ1) is 19.1. The maximum absolute atomic E-state index is 15.6. The minimum Gasteiger partial charge on any atom is -0.508 e. The van der Waals surface area contributed by atoms with E-state index in [2.05, 4.69) is 30.8 Å². The Labute approximate surface area is 234 Å².